The predicted octanol–water partition coefficient (Wildman–Crippen LogP) is 1.22. The highest BCUT2D eigenvalue weighted by atomic mass is 16.7. The standard InChI is InChI=1S/C23H44O9/c1-2-3-4-5-6-7-8-9-10-11-29-20-13-17(27)23(19(15-25)31-20)32-21-12-16(26)22(28)18(14-24)30-21/h16-28H,2-15H2,1H3. The normalized spacial score (nSPS) is 35.8. The molecule has 8 atom stereocenters. The second-order valence-corrected chi connectivity index (χ2v) is 8.97. The maximum Gasteiger partial charge on any atom is 0.161 e. The van der Waals surface area contributed by atoms with Crippen molar-refractivity contribution in [3.8, 4) is 0 Å². The van der Waals surface area contributed by atoms with Crippen molar-refractivity contribution >= 4 is 0 Å². The third-order valence-electron chi connectivity index (χ3n) is 6.26. The van der Waals surface area contributed by atoms with Gasteiger partial charge in [-0.3, -0.25) is 0 Å². The Morgan fingerprint density at radius 1 is 0.719 bits per heavy atom. The third kappa shape index (κ3) is 9.12. The molecule has 0 aromatic heterocycles. The van der Waals surface area contributed by atoms with Gasteiger partial charge < -0.3 is 44.5 Å². The lowest BCUT2D eigenvalue weighted by atomic mass is 10.00. The highest BCUT2D eigenvalue weighted by Crippen LogP contribution is 2.29. The molecule has 8 unspecified atom stereocenters. The van der Waals surface area contributed by atoms with Crippen molar-refractivity contribution in [2.24, 2.45) is 0 Å². The van der Waals surface area contributed by atoms with Crippen LogP contribution in [0.5, 0.6) is 0 Å². The molecule has 0 spiro atoms. The Balaban J connectivity index is 1.66. The van der Waals surface area contributed by atoms with E-state index in [4.69, 9.17) is 18.9 Å². The smallest absolute Gasteiger partial charge is 0.161 e. The van der Waals surface area contributed by atoms with Gasteiger partial charge in [0.25, 0.3) is 0 Å². The Morgan fingerprint density at radius 2 is 1.28 bits per heavy atom. The number of aliphatic hydroxyl groups is 5. The van der Waals surface area contributed by atoms with Gasteiger partial charge in [0.05, 0.1) is 25.4 Å². The Hall–Kier alpha value is -0.360. The Morgan fingerprint density at radius 3 is 1.91 bits per heavy atom. The van der Waals surface area contributed by atoms with Gasteiger partial charge in [-0.25, -0.2) is 0 Å². The number of hydrogen-bond acceptors (Lipinski definition) is 9. The largest absolute Gasteiger partial charge is 0.394 e. The van der Waals surface area contributed by atoms with Crippen LogP contribution in [0.25, 0.3) is 0 Å². The van der Waals surface area contributed by atoms with Crippen LogP contribution in [0.4, 0.5) is 0 Å². The number of rotatable bonds is 15. The van der Waals surface area contributed by atoms with Gasteiger partial charge in [-0.05, 0) is 6.42 Å². The minimum absolute atomic E-state index is 0.0163. The molecule has 0 aliphatic carbocycles. The summed E-state index contributed by atoms with van der Waals surface area (Å²) < 4.78 is 22.8. The van der Waals surface area contributed by atoms with Crippen molar-refractivity contribution in [3.05, 3.63) is 0 Å². The van der Waals surface area contributed by atoms with Crippen molar-refractivity contribution in [1.29, 1.82) is 0 Å². The molecular formula is C23H44O9. The molecule has 0 saturated carbocycles. The molecule has 2 rings (SSSR count). The maximum atomic E-state index is 10.6. The van der Waals surface area contributed by atoms with E-state index in [0.717, 1.165) is 12.8 Å². The molecule has 2 heterocycles. The van der Waals surface area contributed by atoms with Crippen LogP contribution in [0.2, 0.25) is 0 Å². The SMILES string of the molecule is CCCCCCCCCCCOC1CC(O)C(OC2CC(O)C(O)C(CO)O2)C(CO)O1. The molecule has 0 aromatic rings. The molecular weight excluding hydrogens is 420 g/mol. The molecule has 2 saturated heterocycles. The molecule has 5 N–H and O–H groups in total. The minimum atomic E-state index is -1.21. The zero-order valence-corrected chi connectivity index (χ0v) is 19.4. The molecule has 0 aromatic carbocycles. The quantitative estimate of drug-likeness (QED) is 0.226. The van der Waals surface area contributed by atoms with E-state index in [9.17, 15) is 25.5 Å². The van der Waals surface area contributed by atoms with Gasteiger partial charge in [0.2, 0.25) is 0 Å². The Kier molecular flexibility index (Phi) is 13.5. The van der Waals surface area contributed by atoms with Crippen LogP contribution in [-0.4, -0.2) is 94.6 Å². The molecule has 9 nitrogen and oxygen atoms in total. The maximum absolute atomic E-state index is 10.6. The third-order valence-corrected chi connectivity index (χ3v) is 6.26. The monoisotopic (exact) mass is 464 g/mol. The van der Waals surface area contributed by atoms with Crippen LogP contribution in [0, 0.1) is 0 Å². The second-order valence-electron chi connectivity index (χ2n) is 8.97. The zero-order chi connectivity index (χ0) is 23.3. The topological polar surface area (TPSA) is 138 Å². The van der Waals surface area contributed by atoms with E-state index < -0.39 is 55.8 Å². The van der Waals surface area contributed by atoms with Gasteiger partial charge in [0.1, 0.15) is 24.4 Å². The summed E-state index contributed by atoms with van der Waals surface area (Å²) in [5, 5.41) is 49.4. The van der Waals surface area contributed by atoms with E-state index in [0.29, 0.717) is 6.61 Å². The number of hydrogen-bond donors (Lipinski definition) is 5. The van der Waals surface area contributed by atoms with Gasteiger partial charge in [0.15, 0.2) is 12.6 Å². The van der Waals surface area contributed by atoms with Crippen molar-refractivity contribution in [1.82, 2.24) is 0 Å². The molecule has 0 bridgehead atoms. The molecule has 32 heavy (non-hydrogen) atoms. The van der Waals surface area contributed by atoms with Gasteiger partial charge in [-0.15, -0.1) is 0 Å². The first-order chi connectivity index (χ1) is 15.5. The van der Waals surface area contributed by atoms with Crippen molar-refractivity contribution in [2.75, 3.05) is 19.8 Å². The summed E-state index contributed by atoms with van der Waals surface area (Å²) in [6.45, 7) is 1.91. The van der Waals surface area contributed by atoms with Crippen molar-refractivity contribution in [3.63, 3.8) is 0 Å². The summed E-state index contributed by atoms with van der Waals surface area (Å²) in [7, 11) is 0. The van der Waals surface area contributed by atoms with Crippen LogP contribution in [0.15, 0.2) is 0 Å². The average molecular weight is 465 g/mol. The number of aliphatic hydroxyl groups excluding tert-OH is 5. The lowest BCUT2D eigenvalue weighted by molar-refractivity contribution is -0.320. The molecule has 0 radical (unpaired) electrons. The molecule has 2 fully saturated rings. The number of unbranched alkanes of at least 4 members (excludes halogenated alkanes) is 8. The van der Waals surface area contributed by atoms with Gasteiger partial charge in [-0.1, -0.05) is 58.3 Å². The fraction of sp³-hybridized carbons (Fsp3) is 1.00. The Bertz CT molecular complexity index is 480. The van der Waals surface area contributed by atoms with E-state index in [1.807, 2.05) is 0 Å². The van der Waals surface area contributed by atoms with Crippen LogP contribution in [-0.2, 0) is 18.9 Å². The highest BCUT2D eigenvalue weighted by Gasteiger charge is 2.43. The van der Waals surface area contributed by atoms with Gasteiger partial charge in [0, 0.05) is 19.4 Å². The molecule has 0 amide bonds. The Labute approximate surface area is 191 Å². The van der Waals surface area contributed by atoms with Crippen molar-refractivity contribution < 1.29 is 44.5 Å². The molecule has 9 heteroatoms. The van der Waals surface area contributed by atoms with Crippen LogP contribution in [0.3, 0.4) is 0 Å². The first kappa shape index (κ1) is 27.9. The summed E-state index contributed by atoms with van der Waals surface area (Å²) in [5.41, 5.74) is 0. The van der Waals surface area contributed by atoms with E-state index in [1.165, 1.54) is 44.9 Å². The van der Waals surface area contributed by atoms with Gasteiger partial charge >= 0.3 is 0 Å². The summed E-state index contributed by atoms with van der Waals surface area (Å²) in [5.74, 6) is 0. The number of ether oxygens (including phenoxy) is 4. The first-order valence-corrected chi connectivity index (χ1v) is 12.3. The lowest BCUT2D eigenvalue weighted by Gasteiger charge is -2.42. The predicted molar refractivity (Wildman–Crippen MR) is 117 cm³/mol. The molecule has 190 valence electrons. The van der Waals surface area contributed by atoms with E-state index >= 15 is 0 Å². The summed E-state index contributed by atoms with van der Waals surface area (Å²) in [6, 6.07) is 0. The fourth-order valence-electron chi connectivity index (χ4n) is 4.30. The lowest BCUT2D eigenvalue weighted by Crippen LogP contribution is -2.56. The summed E-state index contributed by atoms with van der Waals surface area (Å²) in [4.78, 5) is 0. The van der Waals surface area contributed by atoms with Gasteiger partial charge in [-0.2, -0.15) is 0 Å². The first-order valence-electron chi connectivity index (χ1n) is 12.3. The van der Waals surface area contributed by atoms with E-state index in [-0.39, 0.29) is 19.4 Å². The van der Waals surface area contributed by atoms with E-state index in [1.54, 1.807) is 0 Å². The summed E-state index contributed by atoms with van der Waals surface area (Å²) >= 11 is 0. The molecule has 2 aliphatic rings. The molecule has 2 aliphatic heterocycles. The second kappa shape index (κ2) is 15.5. The fourth-order valence-corrected chi connectivity index (χ4v) is 4.30. The zero-order valence-electron chi connectivity index (χ0n) is 19.4. The van der Waals surface area contributed by atoms with Crippen LogP contribution >= 0.6 is 0 Å². The van der Waals surface area contributed by atoms with Crippen molar-refractivity contribution in [2.45, 2.75) is 127 Å². The van der Waals surface area contributed by atoms with E-state index in [2.05, 4.69) is 6.92 Å². The van der Waals surface area contributed by atoms with Crippen LogP contribution in [0.1, 0.15) is 77.6 Å². The average Bonchev–Trinajstić information content (AvgIpc) is 2.78. The van der Waals surface area contributed by atoms with Crippen LogP contribution < -0.4 is 0 Å². The minimum Gasteiger partial charge on any atom is -0.394 e. The highest BCUT2D eigenvalue weighted by molar-refractivity contribution is 4.87. The summed E-state index contributed by atoms with van der Waals surface area (Å²) in [6.07, 6.45) is 3.65.